The number of aromatic nitrogens is 1. The fraction of sp³-hybridized carbons (Fsp3) is 0. The molecular formula is C43H26N2O3. The van der Waals surface area contributed by atoms with Crippen LogP contribution in [0, 0.1) is 0 Å². The molecule has 226 valence electrons. The lowest BCUT2D eigenvalue weighted by atomic mass is 10.0. The Balaban J connectivity index is 1.16. The van der Waals surface area contributed by atoms with Gasteiger partial charge in [0.1, 0.15) is 27.8 Å². The summed E-state index contributed by atoms with van der Waals surface area (Å²) >= 11 is 0. The van der Waals surface area contributed by atoms with E-state index in [1.165, 1.54) is 0 Å². The second kappa shape index (κ2) is 10.5. The molecular weight excluding hydrogens is 592 g/mol. The van der Waals surface area contributed by atoms with Gasteiger partial charge in [-0.1, -0.05) is 78.9 Å². The van der Waals surface area contributed by atoms with E-state index in [1.54, 1.807) is 0 Å². The van der Waals surface area contributed by atoms with Crippen LogP contribution in [-0.2, 0) is 0 Å². The van der Waals surface area contributed by atoms with E-state index >= 15 is 0 Å². The number of hydrogen-bond acceptors (Lipinski definition) is 5. The third-order valence-electron chi connectivity index (χ3n) is 9.08. The highest BCUT2D eigenvalue weighted by Gasteiger charge is 2.20. The minimum atomic E-state index is 0.592. The van der Waals surface area contributed by atoms with E-state index in [2.05, 4.69) is 95.9 Å². The van der Waals surface area contributed by atoms with Gasteiger partial charge in [-0.05, 0) is 77.9 Å². The van der Waals surface area contributed by atoms with Gasteiger partial charge in [0.2, 0.25) is 5.89 Å². The molecule has 3 aromatic heterocycles. The van der Waals surface area contributed by atoms with Crippen LogP contribution < -0.4 is 4.90 Å². The average molecular weight is 619 g/mol. The molecule has 7 aromatic carbocycles. The van der Waals surface area contributed by atoms with Crippen molar-refractivity contribution in [3.05, 3.63) is 158 Å². The molecule has 0 aliphatic carbocycles. The van der Waals surface area contributed by atoms with Gasteiger partial charge in [-0.15, -0.1) is 0 Å². The van der Waals surface area contributed by atoms with Crippen LogP contribution in [0.5, 0.6) is 0 Å². The van der Waals surface area contributed by atoms with Crippen LogP contribution in [-0.4, -0.2) is 4.98 Å². The third-order valence-corrected chi connectivity index (χ3v) is 9.08. The van der Waals surface area contributed by atoms with Crippen molar-refractivity contribution in [2.45, 2.75) is 0 Å². The normalized spacial score (nSPS) is 11.8. The zero-order chi connectivity index (χ0) is 31.6. The van der Waals surface area contributed by atoms with Gasteiger partial charge in [-0.3, -0.25) is 0 Å². The number of rotatable bonds is 5. The summed E-state index contributed by atoms with van der Waals surface area (Å²) in [5.41, 5.74) is 10.9. The molecule has 0 radical (unpaired) electrons. The molecule has 0 amide bonds. The zero-order valence-electron chi connectivity index (χ0n) is 25.6. The average Bonchev–Trinajstić information content (AvgIpc) is 3.85. The number of nitrogens with zero attached hydrogens (tertiary/aromatic N) is 2. The standard InChI is InChI=1S/C43H26N2O3/c1-3-10-27(11-4-1)29-14-9-15-30(24-29)45(31-18-20-34-33-16-7-8-17-37(33)46-39(34)25-31)32-19-21-35-40(26-32)47-38-23-22-36-42(41(35)38)48-43(44-36)28-12-5-2-6-13-28/h1-26H. The number of furan rings is 2. The number of fused-ring (bicyclic) bond motifs is 8. The van der Waals surface area contributed by atoms with Gasteiger partial charge in [-0.2, -0.15) is 0 Å². The summed E-state index contributed by atoms with van der Waals surface area (Å²) in [5, 5.41) is 4.09. The molecule has 0 saturated carbocycles. The minimum Gasteiger partial charge on any atom is -0.456 e. The van der Waals surface area contributed by atoms with Crippen molar-refractivity contribution in [3.63, 3.8) is 0 Å². The fourth-order valence-electron chi connectivity index (χ4n) is 6.83. The Labute approximate surface area is 274 Å². The summed E-state index contributed by atoms with van der Waals surface area (Å²) in [6, 6.07) is 53.9. The van der Waals surface area contributed by atoms with E-state index in [1.807, 2.05) is 66.7 Å². The predicted molar refractivity (Wildman–Crippen MR) is 194 cm³/mol. The van der Waals surface area contributed by atoms with Gasteiger partial charge in [0.25, 0.3) is 0 Å². The maximum Gasteiger partial charge on any atom is 0.227 e. The molecule has 0 spiro atoms. The molecule has 5 nitrogen and oxygen atoms in total. The lowest BCUT2D eigenvalue weighted by Gasteiger charge is -2.26. The second-order valence-corrected chi connectivity index (χ2v) is 12.0. The topological polar surface area (TPSA) is 55.6 Å². The van der Waals surface area contributed by atoms with E-state index in [-0.39, 0.29) is 0 Å². The molecule has 10 rings (SSSR count). The SMILES string of the molecule is c1ccc(-c2cccc(N(c3ccc4c(c3)oc3ccccc34)c3ccc4c(c3)oc3ccc5nc(-c6ccccc6)oc5c34)c2)cc1. The summed E-state index contributed by atoms with van der Waals surface area (Å²) in [5.74, 6) is 0.592. The number of para-hydroxylation sites is 1. The van der Waals surface area contributed by atoms with Gasteiger partial charge in [-0.25, -0.2) is 4.98 Å². The van der Waals surface area contributed by atoms with Gasteiger partial charge >= 0.3 is 0 Å². The van der Waals surface area contributed by atoms with Crippen LogP contribution in [0.25, 0.3) is 77.6 Å². The molecule has 0 aliphatic heterocycles. The highest BCUT2D eigenvalue weighted by molar-refractivity contribution is 6.17. The molecule has 0 bridgehead atoms. The van der Waals surface area contributed by atoms with Gasteiger partial charge in [0.05, 0.1) is 5.39 Å². The van der Waals surface area contributed by atoms with E-state index in [4.69, 9.17) is 18.2 Å². The van der Waals surface area contributed by atoms with Crippen LogP contribution in [0.1, 0.15) is 0 Å². The first kappa shape index (κ1) is 26.6. The Bertz CT molecular complexity index is 2790. The summed E-state index contributed by atoms with van der Waals surface area (Å²) in [7, 11) is 0. The molecule has 0 aliphatic rings. The number of hydrogen-bond donors (Lipinski definition) is 0. The Morgan fingerprint density at radius 3 is 1.83 bits per heavy atom. The van der Waals surface area contributed by atoms with Gasteiger partial charge in [0.15, 0.2) is 5.58 Å². The minimum absolute atomic E-state index is 0.592. The first-order chi connectivity index (χ1) is 23.8. The lowest BCUT2D eigenvalue weighted by Crippen LogP contribution is -2.09. The van der Waals surface area contributed by atoms with Crippen LogP contribution >= 0.6 is 0 Å². The zero-order valence-corrected chi connectivity index (χ0v) is 25.6. The molecule has 48 heavy (non-hydrogen) atoms. The highest BCUT2D eigenvalue weighted by Crippen LogP contribution is 2.43. The summed E-state index contributed by atoms with van der Waals surface area (Å²) in [4.78, 5) is 7.05. The monoisotopic (exact) mass is 618 g/mol. The maximum atomic E-state index is 6.51. The summed E-state index contributed by atoms with van der Waals surface area (Å²) in [6.45, 7) is 0. The highest BCUT2D eigenvalue weighted by atomic mass is 16.4. The summed E-state index contributed by atoms with van der Waals surface area (Å²) < 4.78 is 19.2. The molecule has 0 N–H and O–H groups in total. The third kappa shape index (κ3) is 4.22. The Hall–Kier alpha value is -6.59. The quantitative estimate of drug-likeness (QED) is 0.192. The summed E-state index contributed by atoms with van der Waals surface area (Å²) in [6.07, 6.45) is 0. The fourth-order valence-corrected chi connectivity index (χ4v) is 6.83. The molecule has 5 heteroatoms. The van der Waals surface area contributed by atoms with Crippen molar-refractivity contribution in [3.8, 4) is 22.6 Å². The Kier molecular flexibility index (Phi) is 5.81. The van der Waals surface area contributed by atoms with Crippen LogP contribution in [0.15, 0.2) is 171 Å². The smallest absolute Gasteiger partial charge is 0.227 e. The first-order valence-corrected chi connectivity index (χ1v) is 15.9. The van der Waals surface area contributed by atoms with Crippen molar-refractivity contribution in [1.82, 2.24) is 4.98 Å². The molecule has 10 aromatic rings. The van der Waals surface area contributed by atoms with E-state index in [9.17, 15) is 0 Å². The van der Waals surface area contributed by atoms with Crippen molar-refractivity contribution in [1.29, 1.82) is 0 Å². The van der Waals surface area contributed by atoms with Gasteiger partial charge in [0, 0.05) is 50.9 Å². The second-order valence-electron chi connectivity index (χ2n) is 12.0. The van der Waals surface area contributed by atoms with Crippen molar-refractivity contribution < 1.29 is 13.3 Å². The Morgan fingerprint density at radius 1 is 0.396 bits per heavy atom. The number of benzene rings is 7. The molecule has 0 unspecified atom stereocenters. The van der Waals surface area contributed by atoms with Crippen molar-refractivity contribution in [2.75, 3.05) is 4.90 Å². The Morgan fingerprint density at radius 2 is 1.02 bits per heavy atom. The van der Waals surface area contributed by atoms with Crippen molar-refractivity contribution in [2.24, 2.45) is 0 Å². The van der Waals surface area contributed by atoms with Crippen molar-refractivity contribution >= 4 is 72.0 Å². The number of anilines is 3. The first-order valence-electron chi connectivity index (χ1n) is 15.9. The van der Waals surface area contributed by atoms with Crippen LogP contribution in [0.3, 0.4) is 0 Å². The molecule has 0 saturated heterocycles. The lowest BCUT2D eigenvalue weighted by molar-refractivity contribution is 0.622. The van der Waals surface area contributed by atoms with Crippen LogP contribution in [0.2, 0.25) is 0 Å². The van der Waals surface area contributed by atoms with Gasteiger partial charge < -0.3 is 18.2 Å². The number of oxazole rings is 1. The largest absolute Gasteiger partial charge is 0.456 e. The maximum absolute atomic E-state index is 6.51. The van der Waals surface area contributed by atoms with E-state index < -0.39 is 0 Å². The molecule has 0 atom stereocenters. The van der Waals surface area contributed by atoms with Crippen LogP contribution in [0.4, 0.5) is 17.1 Å². The van der Waals surface area contributed by atoms with E-state index in [0.717, 1.165) is 88.7 Å². The predicted octanol–water partition coefficient (Wildman–Crippen LogP) is 12.4. The molecule has 0 fully saturated rings. The molecule has 3 heterocycles. The van der Waals surface area contributed by atoms with E-state index in [0.29, 0.717) is 5.89 Å².